The van der Waals surface area contributed by atoms with Crippen LogP contribution in [0.25, 0.3) is 10.6 Å². The molecule has 0 saturated heterocycles. The highest BCUT2D eigenvalue weighted by Gasteiger charge is 2.17. The fraction of sp³-hybridized carbons (Fsp3) is 0.238. The second-order valence-corrected chi connectivity index (χ2v) is 7.00. The second-order valence-electron chi connectivity index (χ2n) is 6.14. The maximum atomic E-state index is 12.3. The van der Waals surface area contributed by atoms with Gasteiger partial charge in [-0.1, -0.05) is 42.0 Å². The Morgan fingerprint density at radius 2 is 1.85 bits per heavy atom. The van der Waals surface area contributed by atoms with Crippen LogP contribution in [0.5, 0.6) is 11.5 Å². The van der Waals surface area contributed by atoms with Crippen molar-refractivity contribution in [2.75, 3.05) is 7.11 Å². The third-order valence-electron chi connectivity index (χ3n) is 4.04. The molecule has 5 nitrogen and oxygen atoms in total. The number of hydrogen-bond donors (Lipinski definition) is 1. The van der Waals surface area contributed by atoms with E-state index in [0.717, 1.165) is 16.3 Å². The molecule has 3 rings (SSSR count). The van der Waals surface area contributed by atoms with E-state index < -0.39 is 6.10 Å². The van der Waals surface area contributed by atoms with Crippen molar-refractivity contribution in [2.24, 2.45) is 0 Å². The highest BCUT2D eigenvalue weighted by Crippen LogP contribution is 2.27. The quantitative estimate of drug-likeness (QED) is 0.665. The highest BCUT2D eigenvalue weighted by molar-refractivity contribution is 7.13. The number of para-hydroxylation sites is 2. The Bertz CT molecular complexity index is 906. The van der Waals surface area contributed by atoms with Crippen LogP contribution in [-0.2, 0) is 11.3 Å². The summed E-state index contributed by atoms with van der Waals surface area (Å²) >= 11 is 1.57. The van der Waals surface area contributed by atoms with Crippen LogP contribution in [0.1, 0.15) is 18.2 Å². The molecular formula is C21H22N2O3S. The van der Waals surface area contributed by atoms with E-state index in [1.54, 1.807) is 37.5 Å². The number of carbonyl (C=O) groups excluding carboxylic acids is 1. The van der Waals surface area contributed by atoms with E-state index in [2.05, 4.69) is 41.5 Å². The number of methoxy groups -OCH3 is 1. The molecule has 6 heteroatoms. The van der Waals surface area contributed by atoms with Crippen LogP contribution in [0.15, 0.2) is 53.9 Å². The molecule has 0 spiro atoms. The molecule has 1 heterocycles. The van der Waals surface area contributed by atoms with Gasteiger partial charge in [-0.05, 0) is 26.0 Å². The summed E-state index contributed by atoms with van der Waals surface area (Å²) in [5.74, 6) is 0.933. The van der Waals surface area contributed by atoms with Crippen molar-refractivity contribution in [1.29, 1.82) is 0 Å². The number of carbonyl (C=O) groups is 1. The Morgan fingerprint density at radius 1 is 1.15 bits per heavy atom. The van der Waals surface area contributed by atoms with Crippen molar-refractivity contribution < 1.29 is 14.3 Å². The van der Waals surface area contributed by atoms with E-state index in [9.17, 15) is 4.79 Å². The Hall–Kier alpha value is -2.86. The predicted octanol–water partition coefficient (Wildman–Crippen LogP) is 4.21. The number of benzene rings is 2. The number of hydrogen-bond acceptors (Lipinski definition) is 5. The van der Waals surface area contributed by atoms with Gasteiger partial charge >= 0.3 is 0 Å². The monoisotopic (exact) mass is 382 g/mol. The van der Waals surface area contributed by atoms with Gasteiger partial charge in [0.2, 0.25) is 0 Å². The van der Waals surface area contributed by atoms with Gasteiger partial charge in [0.05, 0.1) is 19.3 Å². The van der Waals surface area contributed by atoms with Crippen molar-refractivity contribution in [1.82, 2.24) is 10.3 Å². The average molecular weight is 382 g/mol. The number of aryl methyl sites for hydroxylation is 1. The third-order valence-corrected chi connectivity index (χ3v) is 4.98. The number of nitrogens with zero attached hydrogens (tertiary/aromatic N) is 1. The van der Waals surface area contributed by atoms with E-state index in [1.165, 1.54) is 5.56 Å². The minimum atomic E-state index is -0.642. The van der Waals surface area contributed by atoms with Gasteiger partial charge in [-0.2, -0.15) is 0 Å². The standard InChI is InChI=1S/C21H22N2O3S/c1-14-8-10-16(11-9-14)21-23-17(13-27-21)12-22-20(24)15(2)26-19-7-5-4-6-18(19)25-3/h4-11,13,15H,12H2,1-3H3,(H,22,24)/t15-/m1/s1. The summed E-state index contributed by atoms with van der Waals surface area (Å²) < 4.78 is 11.0. The van der Waals surface area contributed by atoms with E-state index >= 15 is 0 Å². The molecule has 0 radical (unpaired) electrons. The van der Waals surface area contributed by atoms with Crippen molar-refractivity contribution >= 4 is 17.2 Å². The SMILES string of the molecule is COc1ccccc1O[C@H](C)C(=O)NCc1csc(-c2ccc(C)cc2)n1. The third kappa shape index (κ3) is 4.86. The lowest BCUT2D eigenvalue weighted by Crippen LogP contribution is -2.36. The summed E-state index contributed by atoms with van der Waals surface area (Å²) in [6.07, 6.45) is -0.642. The molecule has 0 fully saturated rings. The van der Waals surface area contributed by atoms with Gasteiger partial charge in [-0.25, -0.2) is 4.98 Å². The van der Waals surface area contributed by atoms with Crippen LogP contribution >= 0.6 is 11.3 Å². The second kappa shape index (κ2) is 8.68. The van der Waals surface area contributed by atoms with Crippen LogP contribution in [-0.4, -0.2) is 24.1 Å². The first kappa shape index (κ1) is 18.9. The maximum absolute atomic E-state index is 12.3. The molecule has 0 unspecified atom stereocenters. The molecule has 0 bridgehead atoms. The van der Waals surface area contributed by atoms with Gasteiger partial charge in [-0.15, -0.1) is 11.3 Å². The molecule has 3 aromatic rings. The zero-order chi connectivity index (χ0) is 19.2. The number of nitrogens with one attached hydrogen (secondary N) is 1. The summed E-state index contributed by atoms with van der Waals surface area (Å²) in [6.45, 7) is 4.13. The topological polar surface area (TPSA) is 60.5 Å². The molecule has 2 aromatic carbocycles. The summed E-state index contributed by atoms with van der Waals surface area (Å²) in [5, 5.41) is 5.77. The number of aromatic nitrogens is 1. The van der Waals surface area contributed by atoms with Gasteiger partial charge in [0, 0.05) is 10.9 Å². The smallest absolute Gasteiger partial charge is 0.261 e. The Kier molecular flexibility index (Phi) is 6.08. The first-order chi connectivity index (χ1) is 13.1. The molecule has 0 aliphatic carbocycles. The lowest BCUT2D eigenvalue weighted by atomic mass is 10.2. The lowest BCUT2D eigenvalue weighted by molar-refractivity contribution is -0.127. The maximum Gasteiger partial charge on any atom is 0.261 e. The average Bonchev–Trinajstić information content (AvgIpc) is 3.16. The number of thiazole rings is 1. The van der Waals surface area contributed by atoms with Crippen LogP contribution in [0.3, 0.4) is 0 Å². The van der Waals surface area contributed by atoms with Gasteiger partial charge in [0.15, 0.2) is 17.6 Å². The largest absolute Gasteiger partial charge is 0.493 e. The van der Waals surface area contributed by atoms with Gasteiger partial charge < -0.3 is 14.8 Å². The Labute approximate surface area is 163 Å². The molecule has 0 aliphatic heterocycles. The van der Waals surface area contributed by atoms with Crippen LogP contribution in [0, 0.1) is 6.92 Å². The van der Waals surface area contributed by atoms with Crippen molar-refractivity contribution in [2.45, 2.75) is 26.5 Å². The van der Waals surface area contributed by atoms with Crippen molar-refractivity contribution in [3.63, 3.8) is 0 Å². The normalized spacial score (nSPS) is 11.7. The first-order valence-corrected chi connectivity index (χ1v) is 9.53. The number of ether oxygens (including phenoxy) is 2. The molecule has 27 heavy (non-hydrogen) atoms. The Balaban J connectivity index is 1.56. The molecule has 0 aliphatic rings. The van der Waals surface area contributed by atoms with Crippen molar-refractivity contribution in [3.8, 4) is 22.1 Å². The summed E-state index contributed by atoms with van der Waals surface area (Å²) in [4.78, 5) is 16.9. The number of rotatable bonds is 7. The van der Waals surface area contributed by atoms with Crippen molar-refractivity contribution in [3.05, 3.63) is 65.2 Å². The van der Waals surface area contributed by atoms with Crippen LogP contribution < -0.4 is 14.8 Å². The summed E-state index contributed by atoms with van der Waals surface area (Å²) in [5.41, 5.74) is 3.12. The number of amides is 1. The van der Waals surface area contributed by atoms with Crippen LogP contribution in [0.2, 0.25) is 0 Å². The Morgan fingerprint density at radius 3 is 2.56 bits per heavy atom. The molecule has 1 aromatic heterocycles. The van der Waals surface area contributed by atoms with E-state index in [-0.39, 0.29) is 5.91 Å². The lowest BCUT2D eigenvalue weighted by Gasteiger charge is -2.16. The predicted molar refractivity (Wildman–Crippen MR) is 107 cm³/mol. The molecule has 0 saturated carbocycles. The molecular weight excluding hydrogens is 360 g/mol. The minimum Gasteiger partial charge on any atom is -0.493 e. The van der Waals surface area contributed by atoms with Crippen LogP contribution in [0.4, 0.5) is 0 Å². The zero-order valence-corrected chi connectivity index (χ0v) is 16.4. The fourth-order valence-electron chi connectivity index (χ4n) is 2.50. The summed E-state index contributed by atoms with van der Waals surface area (Å²) in [6, 6.07) is 15.5. The highest BCUT2D eigenvalue weighted by atomic mass is 32.1. The van der Waals surface area contributed by atoms with Gasteiger partial charge in [-0.3, -0.25) is 4.79 Å². The zero-order valence-electron chi connectivity index (χ0n) is 15.6. The first-order valence-electron chi connectivity index (χ1n) is 8.65. The van der Waals surface area contributed by atoms with E-state index in [4.69, 9.17) is 9.47 Å². The molecule has 1 atom stereocenters. The van der Waals surface area contributed by atoms with Gasteiger partial charge in [0.25, 0.3) is 5.91 Å². The molecule has 1 amide bonds. The minimum absolute atomic E-state index is 0.203. The fourth-order valence-corrected chi connectivity index (χ4v) is 3.32. The van der Waals surface area contributed by atoms with E-state index in [0.29, 0.717) is 18.0 Å². The van der Waals surface area contributed by atoms with Gasteiger partial charge in [0.1, 0.15) is 5.01 Å². The summed E-state index contributed by atoms with van der Waals surface area (Å²) in [7, 11) is 1.57. The molecule has 140 valence electrons. The molecule has 1 N–H and O–H groups in total. The van der Waals surface area contributed by atoms with E-state index in [1.807, 2.05) is 17.5 Å².